The lowest BCUT2D eigenvalue weighted by Crippen LogP contribution is -2.28. The second kappa shape index (κ2) is 5.21. The molecule has 1 aliphatic heterocycles. The van der Waals surface area contributed by atoms with Gasteiger partial charge in [0.1, 0.15) is 0 Å². The van der Waals surface area contributed by atoms with Crippen molar-refractivity contribution in [1.82, 2.24) is 10.3 Å². The molecule has 1 N–H and O–H groups in total. The molecular weight excluding hydrogens is 240 g/mol. The summed E-state index contributed by atoms with van der Waals surface area (Å²) in [6, 6.07) is 8.58. The number of aryl methyl sites for hydroxylation is 1. The molecule has 2 heterocycles. The van der Waals surface area contributed by atoms with Crippen LogP contribution in [0.2, 0.25) is 0 Å². The Labute approximate surface area is 112 Å². The van der Waals surface area contributed by atoms with Gasteiger partial charge in [-0.15, -0.1) is 11.3 Å². The van der Waals surface area contributed by atoms with E-state index in [-0.39, 0.29) is 0 Å². The highest BCUT2D eigenvalue weighted by atomic mass is 32.1. The Morgan fingerprint density at radius 3 is 3.11 bits per heavy atom. The highest BCUT2D eigenvalue weighted by Crippen LogP contribution is 2.30. The van der Waals surface area contributed by atoms with Crippen LogP contribution in [0, 0.1) is 6.92 Å². The lowest BCUT2D eigenvalue weighted by atomic mass is 10.0. The maximum Gasteiger partial charge on any atom is 0.0976 e. The molecule has 0 spiro atoms. The van der Waals surface area contributed by atoms with Crippen LogP contribution in [0.25, 0.3) is 11.3 Å². The number of aromatic nitrogens is 1. The maximum absolute atomic E-state index is 4.82. The first-order valence-corrected chi connectivity index (χ1v) is 7.44. The minimum absolute atomic E-state index is 0.613. The standard InChI is InChI=1S/C15H18N2S/c1-11-4-2-5-12(8-11)14-10-18-15(17-14)13-6-3-7-16-9-13/h2,4-5,8,10,13,16H,3,6-7,9H2,1H3. The number of piperidine rings is 1. The van der Waals surface area contributed by atoms with Crippen LogP contribution in [-0.2, 0) is 0 Å². The lowest BCUT2D eigenvalue weighted by Gasteiger charge is -2.20. The van der Waals surface area contributed by atoms with Crippen molar-refractivity contribution in [1.29, 1.82) is 0 Å². The predicted molar refractivity (Wildman–Crippen MR) is 77.1 cm³/mol. The van der Waals surface area contributed by atoms with Crippen LogP contribution >= 0.6 is 11.3 Å². The van der Waals surface area contributed by atoms with Crippen molar-refractivity contribution < 1.29 is 0 Å². The second-order valence-electron chi connectivity index (χ2n) is 4.98. The van der Waals surface area contributed by atoms with Gasteiger partial charge in [-0.1, -0.05) is 23.8 Å². The molecule has 0 amide bonds. The van der Waals surface area contributed by atoms with Gasteiger partial charge in [-0.25, -0.2) is 4.98 Å². The van der Waals surface area contributed by atoms with Crippen LogP contribution in [0.3, 0.4) is 0 Å². The molecule has 1 aromatic carbocycles. The predicted octanol–water partition coefficient (Wildman–Crippen LogP) is 3.59. The molecule has 0 saturated carbocycles. The van der Waals surface area contributed by atoms with E-state index >= 15 is 0 Å². The molecule has 1 saturated heterocycles. The molecule has 2 aromatic rings. The lowest BCUT2D eigenvalue weighted by molar-refractivity contribution is 0.460. The van der Waals surface area contributed by atoms with Crippen LogP contribution in [-0.4, -0.2) is 18.1 Å². The number of thiazole rings is 1. The molecule has 1 unspecified atom stereocenters. The van der Waals surface area contributed by atoms with Crippen molar-refractivity contribution in [3.05, 3.63) is 40.2 Å². The van der Waals surface area contributed by atoms with E-state index in [0.717, 1.165) is 18.8 Å². The van der Waals surface area contributed by atoms with Crippen molar-refractivity contribution >= 4 is 11.3 Å². The van der Waals surface area contributed by atoms with Gasteiger partial charge in [0, 0.05) is 23.4 Å². The van der Waals surface area contributed by atoms with Crippen molar-refractivity contribution in [2.45, 2.75) is 25.7 Å². The molecule has 3 rings (SSSR count). The molecule has 18 heavy (non-hydrogen) atoms. The van der Waals surface area contributed by atoms with E-state index in [1.54, 1.807) is 11.3 Å². The molecule has 0 radical (unpaired) electrons. The summed E-state index contributed by atoms with van der Waals surface area (Å²) >= 11 is 1.81. The van der Waals surface area contributed by atoms with E-state index in [0.29, 0.717) is 5.92 Å². The zero-order valence-corrected chi connectivity index (χ0v) is 11.5. The fraction of sp³-hybridized carbons (Fsp3) is 0.400. The Morgan fingerprint density at radius 2 is 2.33 bits per heavy atom. The Hall–Kier alpha value is -1.19. The van der Waals surface area contributed by atoms with E-state index in [9.17, 15) is 0 Å². The summed E-state index contributed by atoms with van der Waals surface area (Å²) in [4.78, 5) is 4.82. The summed E-state index contributed by atoms with van der Waals surface area (Å²) in [6.45, 7) is 4.37. The zero-order chi connectivity index (χ0) is 12.4. The average molecular weight is 258 g/mol. The molecule has 94 valence electrons. The topological polar surface area (TPSA) is 24.9 Å². The first-order chi connectivity index (χ1) is 8.83. The largest absolute Gasteiger partial charge is 0.316 e. The van der Waals surface area contributed by atoms with E-state index < -0.39 is 0 Å². The van der Waals surface area contributed by atoms with Crippen LogP contribution < -0.4 is 5.32 Å². The summed E-state index contributed by atoms with van der Waals surface area (Å²) in [5.74, 6) is 0.613. The van der Waals surface area contributed by atoms with Crippen LogP contribution in [0.15, 0.2) is 29.6 Å². The van der Waals surface area contributed by atoms with E-state index in [4.69, 9.17) is 4.98 Å². The SMILES string of the molecule is Cc1cccc(-c2csc(C3CCCNC3)n2)c1. The maximum atomic E-state index is 4.82. The van der Waals surface area contributed by atoms with Crippen molar-refractivity contribution in [3.63, 3.8) is 0 Å². The van der Waals surface area contributed by atoms with Gasteiger partial charge in [0.25, 0.3) is 0 Å². The van der Waals surface area contributed by atoms with Gasteiger partial charge in [-0.05, 0) is 32.4 Å². The molecule has 0 aliphatic carbocycles. The third-order valence-corrected chi connectivity index (χ3v) is 4.49. The first kappa shape index (κ1) is 11.9. The van der Waals surface area contributed by atoms with Gasteiger partial charge in [0.2, 0.25) is 0 Å². The fourth-order valence-corrected chi connectivity index (χ4v) is 3.44. The molecular formula is C15H18N2S. The van der Waals surface area contributed by atoms with Gasteiger partial charge in [-0.2, -0.15) is 0 Å². The van der Waals surface area contributed by atoms with Gasteiger partial charge < -0.3 is 5.32 Å². The Morgan fingerprint density at radius 1 is 1.39 bits per heavy atom. The molecule has 3 heteroatoms. The van der Waals surface area contributed by atoms with Gasteiger partial charge >= 0.3 is 0 Å². The van der Waals surface area contributed by atoms with Crippen molar-refractivity contribution in [2.75, 3.05) is 13.1 Å². The Kier molecular flexibility index (Phi) is 3.43. The monoisotopic (exact) mass is 258 g/mol. The van der Waals surface area contributed by atoms with Crippen LogP contribution in [0.5, 0.6) is 0 Å². The van der Waals surface area contributed by atoms with E-state index in [1.165, 1.54) is 29.0 Å². The number of hydrogen-bond acceptors (Lipinski definition) is 3. The molecule has 1 fully saturated rings. The van der Waals surface area contributed by atoms with E-state index in [2.05, 4.69) is 41.9 Å². The fourth-order valence-electron chi connectivity index (χ4n) is 2.47. The van der Waals surface area contributed by atoms with Crippen LogP contribution in [0.4, 0.5) is 0 Å². The van der Waals surface area contributed by atoms with Gasteiger partial charge in [0.05, 0.1) is 10.7 Å². The van der Waals surface area contributed by atoms with Crippen molar-refractivity contribution in [3.8, 4) is 11.3 Å². The number of benzene rings is 1. The summed E-state index contributed by atoms with van der Waals surface area (Å²) in [5.41, 5.74) is 3.66. The average Bonchev–Trinajstić information content (AvgIpc) is 2.89. The number of hydrogen-bond donors (Lipinski definition) is 1. The quantitative estimate of drug-likeness (QED) is 0.890. The summed E-state index contributed by atoms with van der Waals surface area (Å²) < 4.78 is 0. The number of rotatable bonds is 2. The molecule has 1 aliphatic rings. The van der Waals surface area contributed by atoms with Crippen molar-refractivity contribution in [2.24, 2.45) is 0 Å². The summed E-state index contributed by atoms with van der Waals surface area (Å²) in [6.07, 6.45) is 2.54. The minimum Gasteiger partial charge on any atom is -0.316 e. The van der Waals surface area contributed by atoms with Crippen LogP contribution in [0.1, 0.15) is 29.3 Å². The third-order valence-electron chi connectivity index (χ3n) is 3.48. The Bertz CT molecular complexity index is 527. The third kappa shape index (κ3) is 2.47. The number of nitrogens with zero attached hydrogens (tertiary/aromatic N) is 1. The molecule has 1 atom stereocenters. The first-order valence-electron chi connectivity index (χ1n) is 6.56. The smallest absolute Gasteiger partial charge is 0.0976 e. The molecule has 2 nitrogen and oxygen atoms in total. The van der Waals surface area contributed by atoms with Gasteiger partial charge in [-0.3, -0.25) is 0 Å². The highest BCUT2D eigenvalue weighted by Gasteiger charge is 2.18. The molecule has 1 aromatic heterocycles. The van der Waals surface area contributed by atoms with E-state index in [1.807, 2.05) is 0 Å². The minimum atomic E-state index is 0.613. The summed E-state index contributed by atoms with van der Waals surface area (Å²) in [7, 11) is 0. The highest BCUT2D eigenvalue weighted by molar-refractivity contribution is 7.10. The summed E-state index contributed by atoms with van der Waals surface area (Å²) in [5, 5.41) is 6.94. The normalized spacial score (nSPS) is 19.9. The second-order valence-corrected chi connectivity index (χ2v) is 5.87. The number of nitrogens with one attached hydrogen (secondary N) is 1. The van der Waals surface area contributed by atoms with Gasteiger partial charge in [0.15, 0.2) is 0 Å². The Balaban J connectivity index is 1.84. The zero-order valence-electron chi connectivity index (χ0n) is 10.6. The molecule has 0 bridgehead atoms.